The average Bonchev–Trinajstić information content (AvgIpc) is 3.08. The molecule has 0 spiro atoms. The molecule has 0 N–H and O–H groups in total. The second-order valence-corrected chi connectivity index (χ2v) is 9.54. The summed E-state index contributed by atoms with van der Waals surface area (Å²) in [5.41, 5.74) is 1.57. The molecule has 33 heavy (non-hydrogen) atoms. The molecule has 1 aromatic heterocycles. The number of amides is 1. The zero-order valence-electron chi connectivity index (χ0n) is 18.7. The highest BCUT2D eigenvalue weighted by atomic mass is 35.5. The topological polar surface area (TPSA) is 51.5 Å². The largest absolute Gasteiger partial charge is 0.462 e. The van der Waals surface area contributed by atoms with Crippen molar-refractivity contribution < 1.29 is 18.7 Å². The van der Waals surface area contributed by atoms with Gasteiger partial charge in [0.05, 0.1) is 22.7 Å². The Morgan fingerprint density at radius 1 is 1.15 bits per heavy atom. The maximum Gasteiger partial charge on any atom is 0.338 e. The average molecular weight is 489 g/mol. The summed E-state index contributed by atoms with van der Waals surface area (Å²) < 4.78 is 22.0. The summed E-state index contributed by atoms with van der Waals surface area (Å²) in [6, 6.07) is 10.5. The van der Waals surface area contributed by atoms with E-state index in [1.165, 1.54) is 17.8 Å². The number of carbonyl (C=O) groups excluding carboxylic acids is 2. The SMILES string of the molecule is CCOC(=O)c1cccc(Sc2c(C)n(CC(=O)N3CCCCC3)c3c(F)c(Cl)ccc23)c1. The van der Waals surface area contributed by atoms with Crippen molar-refractivity contribution in [3.05, 3.63) is 58.5 Å². The second kappa shape index (κ2) is 10.2. The van der Waals surface area contributed by atoms with E-state index in [1.54, 1.807) is 35.8 Å². The molecular weight excluding hydrogens is 463 g/mol. The van der Waals surface area contributed by atoms with Gasteiger partial charge in [-0.25, -0.2) is 9.18 Å². The molecule has 4 rings (SSSR count). The third-order valence-electron chi connectivity index (χ3n) is 5.88. The molecule has 8 heteroatoms. The number of piperidine rings is 1. The fourth-order valence-corrected chi connectivity index (χ4v) is 5.45. The van der Waals surface area contributed by atoms with Crippen LogP contribution in [0.2, 0.25) is 5.02 Å². The highest BCUT2D eigenvalue weighted by Crippen LogP contribution is 2.40. The van der Waals surface area contributed by atoms with Gasteiger partial charge in [0.1, 0.15) is 6.54 Å². The number of hydrogen-bond acceptors (Lipinski definition) is 4. The Labute approximate surface area is 201 Å². The van der Waals surface area contributed by atoms with Crippen molar-refractivity contribution in [1.82, 2.24) is 9.47 Å². The molecule has 2 heterocycles. The van der Waals surface area contributed by atoms with Crippen LogP contribution in [0.1, 0.15) is 42.2 Å². The smallest absolute Gasteiger partial charge is 0.338 e. The van der Waals surface area contributed by atoms with Gasteiger partial charge in [-0.2, -0.15) is 0 Å². The number of fused-ring (bicyclic) bond motifs is 1. The highest BCUT2D eigenvalue weighted by molar-refractivity contribution is 7.99. The van der Waals surface area contributed by atoms with E-state index in [0.717, 1.165) is 47.8 Å². The Bertz CT molecular complexity index is 1200. The number of benzene rings is 2. The van der Waals surface area contributed by atoms with Crippen molar-refractivity contribution in [2.75, 3.05) is 19.7 Å². The normalized spacial score (nSPS) is 14.0. The summed E-state index contributed by atoms with van der Waals surface area (Å²) in [4.78, 5) is 28.6. The van der Waals surface area contributed by atoms with Gasteiger partial charge >= 0.3 is 5.97 Å². The summed E-state index contributed by atoms with van der Waals surface area (Å²) >= 11 is 7.54. The molecule has 0 unspecified atom stereocenters. The van der Waals surface area contributed by atoms with Crippen molar-refractivity contribution in [3.8, 4) is 0 Å². The molecule has 5 nitrogen and oxygen atoms in total. The number of hydrogen-bond donors (Lipinski definition) is 0. The first-order valence-corrected chi connectivity index (χ1v) is 12.3. The molecule has 3 aromatic rings. The fraction of sp³-hybridized carbons (Fsp3) is 0.360. The van der Waals surface area contributed by atoms with E-state index in [9.17, 15) is 9.59 Å². The number of rotatable bonds is 6. The van der Waals surface area contributed by atoms with Gasteiger partial charge in [0.25, 0.3) is 0 Å². The van der Waals surface area contributed by atoms with Crippen LogP contribution in [-0.4, -0.2) is 41.0 Å². The molecular formula is C25H26ClFN2O3S. The van der Waals surface area contributed by atoms with Gasteiger partial charge in [0.15, 0.2) is 5.82 Å². The van der Waals surface area contributed by atoms with E-state index >= 15 is 4.39 Å². The molecule has 2 aromatic carbocycles. The van der Waals surface area contributed by atoms with Crippen LogP contribution in [0.3, 0.4) is 0 Å². The molecule has 0 aliphatic carbocycles. The van der Waals surface area contributed by atoms with Crippen molar-refractivity contribution >= 4 is 46.1 Å². The molecule has 174 valence electrons. The lowest BCUT2D eigenvalue weighted by molar-refractivity contribution is -0.132. The maximum absolute atomic E-state index is 15.2. The number of esters is 1. The van der Waals surface area contributed by atoms with E-state index < -0.39 is 5.82 Å². The number of likely N-dealkylation sites (tertiary alicyclic amines) is 1. The zero-order chi connectivity index (χ0) is 23.5. The highest BCUT2D eigenvalue weighted by Gasteiger charge is 2.24. The first-order valence-electron chi connectivity index (χ1n) is 11.1. The van der Waals surface area contributed by atoms with Gasteiger partial charge in [-0.3, -0.25) is 4.79 Å². The summed E-state index contributed by atoms with van der Waals surface area (Å²) in [5, 5.41) is 0.708. The predicted octanol–water partition coefficient (Wildman–Crippen LogP) is 6.08. The van der Waals surface area contributed by atoms with Crippen LogP contribution < -0.4 is 0 Å². The van der Waals surface area contributed by atoms with E-state index in [2.05, 4.69) is 0 Å². The van der Waals surface area contributed by atoms with E-state index in [-0.39, 0.29) is 23.4 Å². The van der Waals surface area contributed by atoms with Gasteiger partial charge < -0.3 is 14.2 Å². The molecule has 0 bridgehead atoms. The van der Waals surface area contributed by atoms with Crippen LogP contribution in [0.5, 0.6) is 0 Å². The quantitative estimate of drug-likeness (QED) is 0.394. The first kappa shape index (κ1) is 23.6. The standard InChI is InChI=1S/C25H26ClFN2O3S/c1-3-32-25(31)17-8-7-9-18(14-17)33-24-16(2)29(15-21(30)28-12-5-4-6-13-28)23-19(24)10-11-20(26)22(23)27/h7-11,14H,3-6,12-13,15H2,1-2H3. The van der Waals surface area contributed by atoms with E-state index in [0.29, 0.717) is 23.1 Å². The van der Waals surface area contributed by atoms with Gasteiger partial charge in [-0.15, -0.1) is 0 Å². The van der Waals surface area contributed by atoms with Crippen LogP contribution in [0.15, 0.2) is 46.2 Å². The summed E-state index contributed by atoms with van der Waals surface area (Å²) in [7, 11) is 0. The lowest BCUT2D eigenvalue weighted by Gasteiger charge is -2.27. The minimum Gasteiger partial charge on any atom is -0.462 e. The summed E-state index contributed by atoms with van der Waals surface area (Å²) in [6.07, 6.45) is 3.12. The molecule has 0 saturated carbocycles. The van der Waals surface area contributed by atoms with E-state index in [1.807, 2.05) is 17.9 Å². The van der Waals surface area contributed by atoms with Crippen molar-refractivity contribution in [2.24, 2.45) is 0 Å². The third kappa shape index (κ3) is 4.89. The molecule has 1 saturated heterocycles. The number of nitrogens with zero attached hydrogens (tertiary/aromatic N) is 2. The van der Waals surface area contributed by atoms with Gasteiger partial charge in [0.2, 0.25) is 5.91 Å². The molecule has 0 radical (unpaired) electrons. The number of ether oxygens (including phenoxy) is 1. The Morgan fingerprint density at radius 3 is 2.64 bits per heavy atom. The minimum atomic E-state index is -0.532. The van der Waals surface area contributed by atoms with Crippen LogP contribution in [0.4, 0.5) is 4.39 Å². The van der Waals surface area contributed by atoms with Crippen molar-refractivity contribution in [1.29, 1.82) is 0 Å². The number of aromatic nitrogens is 1. The van der Waals surface area contributed by atoms with Crippen molar-refractivity contribution in [2.45, 2.75) is 49.4 Å². The van der Waals surface area contributed by atoms with Crippen LogP contribution in [0, 0.1) is 12.7 Å². The summed E-state index contributed by atoms with van der Waals surface area (Å²) in [5.74, 6) is -0.935. The number of carbonyl (C=O) groups is 2. The van der Waals surface area contributed by atoms with Crippen LogP contribution >= 0.6 is 23.4 Å². The minimum absolute atomic E-state index is 0.0186. The van der Waals surface area contributed by atoms with Crippen LogP contribution in [0.25, 0.3) is 10.9 Å². The lowest BCUT2D eigenvalue weighted by Crippen LogP contribution is -2.37. The van der Waals surface area contributed by atoms with E-state index in [4.69, 9.17) is 16.3 Å². The molecule has 1 aliphatic heterocycles. The molecule has 0 atom stereocenters. The van der Waals surface area contributed by atoms with Crippen LogP contribution in [-0.2, 0) is 16.1 Å². The summed E-state index contributed by atoms with van der Waals surface area (Å²) in [6.45, 7) is 5.48. The van der Waals surface area contributed by atoms with Gasteiger partial charge in [0, 0.05) is 34.0 Å². The fourth-order valence-electron chi connectivity index (χ4n) is 4.20. The van der Waals surface area contributed by atoms with Crippen molar-refractivity contribution in [3.63, 3.8) is 0 Å². The second-order valence-electron chi connectivity index (χ2n) is 8.05. The predicted molar refractivity (Wildman–Crippen MR) is 129 cm³/mol. The monoisotopic (exact) mass is 488 g/mol. The molecule has 1 fully saturated rings. The van der Waals surface area contributed by atoms with Gasteiger partial charge in [-0.1, -0.05) is 29.4 Å². The Morgan fingerprint density at radius 2 is 1.91 bits per heavy atom. The zero-order valence-corrected chi connectivity index (χ0v) is 20.3. The first-order chi connectivity index (χ1) is 15.9. The lowest BCUT2D eigenvalue weighted by atomic mass is 10.1. The Kier molecular flexibility index (Phi) is 7.29. The third-order valence-corrected chi connectivity index (χ3v) is 7.39. The Hall–Kier alpha value is -2.51. The van der Waals surface area contributed by atoms with Gasteiger partial charge in [-0.05, 0) is 63.4 Å². The maximum atomic E-state index is 15.2. The molecule has 1 amide bonds. The number of halogens is 2. The Balaban J connectivity index is 1.73. The molecule has 1 aliphatic rings.